The van der Waals surface area contributed by atoms with Crippen molar-refractivity contribution in [2.24, 2.45) is 0 Å². The number of rotatable bonds is 4. The smallest absolute Gasteiger partial charge is 0.150 e. The van der Waals surface area contributed by atoms with Crippen LogP contribution >= 0.6 is 11.8 Å². The van der Waals surface area contributed by atoms with Crippen molar-refractivity contribution in [1.82, 2.24) is 10.5 Å². The lowest BCUT2D eigenvalue weighted by Crippen LogP contribution is -2.27. The molecule has 1 aromatic heterocycles. The maximum atomic E-state index is 5.20. The van der Waals surface area contributed by atoms with Crippen LogP contribution in [0, 0.1) is 0 Å². The Morgan fingerprint density at radius 1 is 1.71 bits per heavy atom. The van der Waals surface area contributed by atoms with Crippen molar-refractivity contribution in [2.75, 3.05) is 11.5 Å². The Kier molecular flexibility index (Phi) is 3.48. The third kappa shape index (κ3) is 2.51. The monoisotopic (exact) mass is 212 g/mol. The van der Waals surface area contributed by atoms with Gasteiger partial charge in [-0.05, 0) is 18.6 Å². The molecule has 4 heteroatoms. The molecule has 0 radical (unpaired) electrons. The summed E-state index contributed by atoms with van der Waals surface area (Å²) in [6, 6.07) is 2.70. The molecule has 1 aliphatic rings. The quantitative estimate of drug-likeness (QED) is 0.826. The number of aromatic nitrogens is 1. The van der Waals surface area contributed by atoms with Gasteiger partial charge in [0, 0.05) is 17.9 Å². The highest BCUT2D eigenvalue weighted by Crippen LogP contribution is 2.17. The van der Waals surface area contributed by atoms with Crippen molar-refractivity contribution in [3.8, 4) is 0 Å². The summed E-state index contributed by atoms with van der Waals surface area (Å²) in [6.07, 6.45) is 2.22. The molecule has 14 heavy (non-hydrogen) atoms. The molecule has 1 saturated heterocycles. The van der Waals surface area contributed by atoms with Crippen LogP contribution in [0.2, 0.25) is 0 Å². The van der Waals surface area contributed by atoms with Crippen molar-refractivity contribution >= 4 is 11.8 Å². The predicted octanol–water partition coefficient (Wildman–Crippen LogP) is 1.83. The highest BCUT2D eigenvalue weighted by molar-refractivity contribution is 7.99. The van der Waals surface area contributed by atoms with Gasteiger partial charge in [0.15, 0.2) is 5.76 Å². The van der Waals surface area contributed by atoms with Gasteiger partial charge in [0.05, 0.1) is 12.2 Å². The minimum absolute atomic E-state index is 0.662. The molecule has 2 heterocycles. The van der Waals surface area contributed by atoms with Gasteiger partial charge in [-0.15, -0.1) is 0 Å². The highest BCUT2D eigenvalue weighted by atomic mass is 32.2. The van der Waals surface area contributed by atoms with E-state index < -0.39 is 0 Å². The van der Waals surface area contributed by atoms with Gasteiger partial charge in [-0.25, -0.2) is 0 Å². The van der Waals surface area contributed by atoms with Gasteiger partial charge in [0.25, 0.3) is 0 Å². The second-order valence-electron chi connectivity index (χ2n) is 3.58. The number of nitrogens with zero attached hydrogens (tertiary/aromatic N) is 1. The van der Waals surface area contributed by atoms with Crippen LogP contribution in [0.15, 0.2) is 10.6 Å². The highest BCUT2D eigenvalue weighted by Gasteiger charge is 2.15. The molecule has 0 spiro atoms. The molecule has 0 aliphatic carbocycles. The zero-order valence-electron chi connectivity index (χ0n) is 8.45. The van der Waals surface area contributed by atoms with Crippen molar-refractivity contribution in [1.29, 1.82) is 0 Å². The predicted molar refractivity (Wildman–Crippen MR) is 58.5 cm³/mol. The molecular formula is C10H16N2OS. The topological polar surface area (TPSA) is 38.1 Å². The zero-order valence-corrected chi connectivity index (χ0v) is 9.27. The van der Waals surface area contributed by atoms with Crippen LogP contribution in [0.5, 0.6) is 0 Å². The molecule has 3 nitrogen and oxygen atoms in total. The Balaban J connectivity index is 1.79. The van der Waals surface area contributed by atoms with E-state index in [4.69, 9.17) is 4.52 Å². The van der Waals surface area contributed by atoms with Crippen LogP contribution in [-0.4, -0.2) is 22.7 Å². The molecule has 78 valence electrons. The van der Waals surface area contributed by atoms with Gasteiger partial charge < -0.3 is 9.84 Å². The molecule has 0 aromatic carbocycles. The van der Waals surface area contributed by atoms with Gasteiger partial charge in [-0.1, -0.05) is 12.1 Å². The van der Waals surface area contributed by atoms with E-state index in [9.17, 15) is 0 Å². The molecule has 2 rings (SSSR count). The van der Waals surface area contributed by atoms with E-state index in [-0.39, 0.29) is 0 Å². The van der Waals surface area contributed by atoms with Crippen LogP contribution < -0.4 is 5.32 Å². The molecule has 0 amide bonds. The second-order valence-corrected chi connectivity index (χ2v) is 4.73. The van der Waals surface area contributed by atoms with E-state index >= 15 is 0 Å². The van der Waals surface area contributed by atoms with Gasteiger partial charge in [-0.3, -0.25) is 0 Å². The van der Waals surface area contributed by atoms with Crippen LogP contribution in [0.4, 0.5) is 0 Å². The average molecular weight is 212 g/mol. The summed E-state index contributed by atoms with van der Waals surface area (Å²) < 4.78 is 5.20. The fraction of sp³-hybridized carbons (Fsp3) is 0.700. The molecule has 1 aromatic rings. The maximum Gasteiger partial charge on any atom is 0.150 e. The van der Waals surface area contributed by atoms with Crippen LogP contribution in [0.1, 0.15) is 24.8 Å². The van der Waals surface area contributed by atoms with Gasteiger partial charge in [-0.2, -0.15) is 11.8 Å². The molecule has 1 aliphatic heterocycles. The fourth-order valence-corrected chi connectivity index (χ4v) is 2.73. The first-order valence-electron chi connectivity index (χ1n) is 5.14. The summed E-state index contributed by atoms with van der Waals surface area (Å²) in [5.74, 6) is 3.47. The third-order valence-electron chi connectivity index (χ3n) is 2.46. The van der Waals surface area contributed by atoms with Crippen molar-refractivity contribution in [3.05, 3.63) is 17.5 Å². The number of hydrogen-bond donors (Lipinski definition) is 1. The Morgan fingerprint density at radius 2 is 2.64 bits per heavy atom. The van der Waals surface area contributed by atoms with E-state index in [0.29, 0.717) is 6.04 Å². The number of aryl methyl sites for hydroxylation is 1. The Labute approximate surface area is 88.6 Å². The van der Waals surface area contributed by atoms with E-state index in [2.05, 4.69) is 17.4 Å². The Bertz CT molecular complexity index is 281. The molecular weight excluding hydrogens is 196 g/mol. The SMILES string of the molecule is CCc1cc(CNC2CCSC2)on1. The standard InChI is InChI=1S/C10H16N2OS/c1-2-8-5-10(13-12-8)6-11-9-3-4-14-7-9/h5,9,11H,2-4,6-7H2,1H3. The average Bonchev–Trinajstić information content (AvgIpc) is 2.86. The zero-order chi connectivity index (χ0) is 9.80. The van der Waals surface area contributed by atoms with Gasteiger partial charge in [0.1, 0.15) is 0 Å². The second kappa shape index (κ2) is 4.84. The number of hydrogen-bond acceptors (Lipinski definition) is 4. The van der Waals surface area contributed by atoms with Crippen molar-refractivity contribution in [3.63, 3.8) is 0 Å². The Hall–Kier alpha value is -0.480. The lowest BCUT2D eigenvalue weighted by molar-refractivity contribution is 0.361. The van der Waals surface area contributed by atoms with E-state index in [1.54, 1.807) is 0 Å². The normalized spacial score (nSPS) is 21.6. The Morgan fingerprint density at radius 3 is 3.29 bits per heavy atom. The van der Waals surface area contributed by atoms with E-state index in [1.165, 1.54) is 17.9 Å². The summed E-state index contributed by atoms with van der Waals surface area (Å²) in [5.41, 5.74) is 1.04. The summed E-state index contributed by atoms with van der Waals surface area (Å²) >= 11 is 2.02. The van der Waals surface area contributed by atoms with Crippen LogP contribution in [0.25, 0.3) is 0 Å². The molecule has 1 N–H and O–H groups in total. The van der Waals surface area contributed by atoms with Gasteiger partial charge >= 0.3 is 0 Å². The first kappa shape index (κ1) is 10.1. The lowest BCUT2D eigenvalue weighted by atomic mass is 10.2. The number of nitrogens with one attached hydrogen (secondary N) is 1. The molecule has 1 atom stereocenters. The summed E-state index contributed by atoms with van der Waals surface area (Å²) in [4.78, 5) is 0. The van der Waals surface area contributed by atoms with Crippen molar-refractivity contribution in [2.45, 2.75) is 32.4 Å². The largest absolute Gasteiger partial charge is 0.360 e. The summed E-state index contributed by atoms with van der Waals surface area (Å²) in [5, 5.41) is 7.44. The van der Waals surface area contributed by atoms with Gasteiger partial charge in [0.2, 0.25) is 0 Å². The minimum Gasteiger partial charge on any atom is -0.360 e. The van der Waals surface area contributed by atoms with Crippen LogP contribution in [-0.2, 0) is 13.0 Å². The first-order chi connectivity index (χ1) is 6.88. The minimum atomic E-state index is 0.662. The summed E-state index contributed by atoms with van der Waals surface area (Å²) in [6.45, 7) is 2.90. The molecule has 1 fully saturated rings. The lowest BCUT2D eigenvalue weighted by Gasteiger charge is -2.07. The molecule has 0 bridgehead atoms. The first-order valence-corrected chi connectivity index (χ1v) is 6.29. The third-order valence-corrected chi connectivity index (χ3v) is 3.63. The van der Waals surface area contributed by atoms with Crippen molar-refractivity contribution < 1.29 is 4.52 Å². The molecule has 1 unspecified atom stereocenters. The van der Waals surface area contributed by atoms with E-state index in [0.717, 1.165) is 24.4 Å². The molecule has 0 saturated carbocycles. The summed E-state index contributed by atoms with van der Waals surface area (Å²) in [7, 11) is 0. The number of thioether (sulfide) groups is 1. The van der Waals surface area contributed by atoms with Crippen LogP contribution in [0.3, 0.4) is 0 Å². The fourth-order valence-electron chi connectivity index (χ4n) is 1.55. The maximum absolute atomic E-state index is 5.20. The van der Waals surface area contributed by atoms with E-state index in [1.807, 2.05) is 17.8 Å².